The van der Waals surface area contributed by atoms with Crippen molar-refractivity contribution in [2.24, 2.45) is 0 Å². The number of amides is 1. The van der Waals surface area contributed by atoms with Crippen molar-refractivity contribution in [3.8, 4) is 0 Å². The Kier molecular flexibility index (Phi) is 3.07. The van der Waals surface area contributed by atoms with E-state index in [0.29, 0.717) is 6.04 Å². The minimum absolute atomic E-state index is 0.158. The van der Waals surface area contributed by atoms with E-state index in [4.69, 9.17) is 0 Å². The van der Waals surface area contributed by atoms with E-state index in [1.54, 1.807) is 6.20 Å². The Hall–Kier alpha value is -1.36. The minimum atomic E-state index is 0.158. The maximum atomic E-state index is 12.6. The second-order valence-corrected chi connectivity index (χ2v) is 5.59. The van der Waals surface area contributed by atoms with Crippen molar-refractivity contribution in [1.29, 1.82) is 0 Å². The topological polar surface area (TPSA) is 37.6 Å². The third kappa shape index (κ3) is 1.82. The summed E-state index contributed by atoms with van der Waals surface area (Å²) in [5, 5.41) is 1.92. The molecule has 1 saturated heterocycles. The van der Waals surface area contributed by atoms with Crippen molar-refractivity contribution >= 4 is 22.2 Å². The number of carbonyl (C=O) groups excluding carboxylic acids is 1. The first kappa shape index (κ1) is 11.7. The van der Waals surface area contributed by atoms with Crippen LogP contribution in [-0.4, -0.2) is 32.8 Å². The molecule has 2 aromatic rings. The van der Waals surface area contributed by atoms with Gasteiger partial charge in [0.25, 0.3) is 5.91 Å². The average molecular weight is 263 g/mol. The predicted molar refractivity (Wildman–Crippen MR) is 72.0 cm³/mol. The zero-order valence-corrected chi connectivity index (χ0v) is 11.3. The molecule has 1 fully saturated rings. The molecule has 1 atom stereocenters. The largest absolute Gasteiger partial charge is 0.334 e. The van der Waals surface area contributed by atoms with Crippen LogP contribution in [0.3, 0.4) is 0 Å². The van der Waals surface area contributed by atoms with Crippen molar-refractivity contribution in [2.75, 3.05) is 6.54 Å². The van der Waals surface area contributed by atoms with Crippen LogP contribution in [0.4, 0.5) is 0 Å². The molecule has 3 heterocycles. The van der Waals surface area contributed by atoms with Gasteiger partial charge in [0.15, 0.2) is 4.96 Å². The van der Waals surface area contributed by atoms with Gasteiger partial charge in [0.2, 0.25) is 0 Å². The van der Waals surface area contributed by atoms with Crippen molar-refractivity contribution in [2.45, 2.75) is 38.6 Å². The van der Waals surface area contributed by atoms with E-state index in [-0.39, 0.29) is 5.91 Å². The number of nitrogens with zero attached hydrogens (tertiary/aromatic N) is 3. The number of rotatable bonds is 2. The summed E-state index contributed by atoms with van der Waals surface area (Å²) in [7, 11) is 0. The van der Waals surface area contributed by atoms with Crippen LogP contribution in [0.1, 0.15) is 43.1 Å². The van der Waals surface area contributed by atoms with Crippen LogP contribution in [-0.2, 0) is 0 Å². The molecule has 0 aromatic carbocycles. The molecule has 0 N–H and O–H groups in total. The first-order valence-electron chi connectivity index (χ1n) is 6.52. The number of hydrogen-bond acceptors (Lipinski definition) is 3. The van der Waals surface area contributed by atoms with E-state index < -0.39 is 0 Å². The van der Waals surface area contributed by atoms with Gasteiger partial charge in [-0.15, -0.1) is 11.3 Å². The molecular weight excluding hydrogens is 246 g/mol. The molecule has 1 unspecified atom stereocenters. The fourth-order valence-electron chi connectivity index (χ4n) is 2.72. The van der Waals surface area contributed by atoms with Gasteiger partial charge in [0.05, 0.1) is 0 Å². The van der Waals surface area contributed by atoms with E-state index >= 15 is 0 Å². The first-order valence-corrected chi connectivity index (χ1v) is 7.40. The van der Waals surface area contributed by atoms with Gasteiger partial charge in [-0.05, 0) is 25.7 Å². The summed E-state index contributed by atoms with van der Waals surface area (Å²) in [4.78, 5) is 19.8. The second-order valence-electron chi connectivity index (χ2n) is 4.76. The molecule has 1 aliphatic heterocycles. The molecule has 1 aliphatic rings. The van der Waals surface area contributed by atoms with E-state index in [0.717, 1.165) is 36.5 Å². The number of hydrogen-bond donors (Lipinski definition) is 0. The number of piperidine rings is 1. The van der Waals surface area contributed by atoms with Crippen LogP contribution in [0.15, 0.2) is 17.8 Å². The normalized spacial score (nSPS) is 20.5. The van der Waals surface area contributed by atoms with E-state index in [1.165, 1.54) is 17.8 Å². The standard InChI is InChI=1S/C13H17N3OS/c1-2-10-5-3-4-7-15(10)12(17)11-9-18-13-14-6-8-16(11)13/h6,8-10H,2-5,7H2,1H3. The molecule has 5 heteroatoms. The number of thiazole rings is 1. The average Bonchev–Trinajstić information content (AvgIpc) is 3.00. The van der Waals surface area contributed by atoms with Gasteiger partial charge in [0, 0.05) is 30.4 Å². The number of imidazole rings is 1. The van der Waals surface area contributed by atoms with Crippen LogP contribution in [0.2, 0.25) is 0 Å². The maximum absolute atomic E-state index is 12.6. The third-order valence-electron chi connectivity index (χ3n) is 3.72. The molecule has 96 valence electrons. The molecule has 0 bridgehead atoms. The summed E-state index contributed by atoms with van der Waals surface area (Å²) in [6.07, 6.45) is 8.16. The molecule has 2 aromatic heterocycles. The summed E-state index contributed by atoms with van der Waals surface area (Å²) in [6, 6.07) is 0.407. The van der Waals surface area contributed by atoms with Crippen molar-refractivity contribution < 1.29 is 4.79 Å². The molecular formula is C13H17N3OS. The van der Waals surface area contributed by atoms with Crippen molar-refractivity contribution in [1.82, 2.24) is 14.3 Å². The van der Waals surface area contributed by atoms with Crippen LogP contribution in [0.5, 0.6) is 0 Å². The Morgan fingerprint density at radius 3 is 3.28 bits per heavy atom. The van der Waals surface area contributed by atoms with Crippen LogP contribution in [0, 0.1) is 0 Å². The summed E-state index contributed by atoms with van der Waals surface area (Å²) in [6.45, 7) is 3.06. The predicted octanol–water partition coefficient (Wildman–Crippen LogP) is 2.80. The minimum Gasteiger partial charge on any atom is -0.334 e. The van der Waals surface area contributed by atoms with E-state index in [2.05, 4.69) is 11.9 Å². The molecule has 4 nitrogen and oxygen atoms in total. The summed E-state index contributed by atoms with van der Waals surface area (Å²) in [5.41, 5.74) is 0.757. The number of likely N-dealkylation sites (tertiary alicyclic amines) is 1. The molecule has 3 rings (SSSR count). The molecule has 0 saturated carbocycles. The molecule has 0 radical (unpaired) electrons. The van der Waals surface area contributed by atoms with E-state index in [1.807, 2.05) is 20.9 Å². The lowest BCUT2D eigenvalue weighted by molar-refractivity contribution is 0.0601. The van der Waals surface area contributed by atoms with Gasteiger partial charge in [-0.3, -0.25) is 9.20 Å². The fraction of sp³-hybridized carbons (Fsp3) is 0.538. The maximum Gasteiger partial charge on any atom is 0.271 e. The second kappa shape index (κ2) is 4.72. The van der Waals surface area contributed by atoms with Gasteiger partial charge in [-0.2, -0.15) is 0 Å². The number of fused-ring (bicyclic) bond motifs is 1. The summed E-state index contributed by atoms with van der Waals surface area (Å²) >= 11 is 1.53. The first-order chi connectivity index (χ1) is 8.81. The Labute approximate surface area is 110 Å². The third-order valence-corrected chi connectivity index (χ3v) is 4.57. The lowest BCUT2D eigenvalue weighted by Gasteiger charge is -2.35. The van der Waals surface area contributed by atoms with Crippen LogP contribution < -0.4 is 0 Å². The smallest absolute Gasteiger partial charge is 0.271 e. The molecule has 0 spiro atoms. The number of aromatic nitrogens is 2. The number of carbonyl (C=O) groups is 1. The Balaban J connectivity index is 1.91. The SMILES string of the molecule is CCC1CCCCN1C(=O)c1csc2nccn12. The highest BCUT2D eigenvalue weighted by Crippen LogP contribution is 2.23. The van der Waals surface area contributed by atoms with Crippen molar-refractivity contribution in [3.63, 3.8) is 0 Å². The van der Waals surface area contributed by atoms with Gasteiger partial charge in [0.1, 0.15) is 5.69 Å². The van der Waals surface area contributed by atoms with Gasteiger partial charge in [-0.25, -0.2) is 4.98 Å². The van der Waals surface area contributed by atoms with Crippen LogP contribution >= 0.6 is 11.3 Å². The van der Waals surface area contributed by atoms with Crippen molar-refractivity contribution in [3.05, 3.63) is 23.5 Å². The highest BCUT2D eigenvalue weighted by atomic mass is 32.1. The monoisotopic (exact) mass is 263 g/mol. The lowest BCUT2D eigenvalue weighted by Crippen LogP contribution is -2.43. The molecule has 1 amide bonds. The Morgan fingerprint density at radius 2 is 2.44 bits per heavy atom. The van der Waals surface area contributed by atoms with Gasteiger partial charge >= 0.3 is 0 Å². The molecule has 18 heavy (non-hydrogen) atoms. The fourth-order valence-corrected chi connectivity index (χ4v) is 3.54. The van der Waals surface area contributed by atoms with Crippen LogP contribution in [0.25, 0.3) is 4.96 Å². The summed E-state index contributed by atoms with van der Waals surface area (Å²) in [5.74, 6) is 0.158. The van der Waals surface area contributed by atoms with E-state index in [9.17, 15) is 4.79 Å². The Morgan fingerprint density at radius 1 is 1.56 bits per heavy atom. The zero-order valence-electron chi connectivity index (χ0n) is 10.5. The Bertz CT molecular complexity index is 559. The zero-order chi connectivity index (χ0) is 12.5. The van der Waals surface area contributed by atoms with Gasteiger partial charge in [-0.1, -0.05) is 6.92 Å². The quantitative estimate of drug-likeness (QED) is 0.835. The highest BCUT2D eigenvalue weighted by Gasteiger charge is 2.27. The lowest BCUT2D eigenvalue weighted by atomic mass is 10.00. The van der Waals surface area contributed by atoms with Gasteiger partial charge < -0.3 is 4.90 Å². The highest BCUT2D eigenvalue weighted by molar-refractivity contribution is 7.15. The molecule has 0 aliphatic carbocycles. The summed E-state index contributed by atoms with van der Waals surface area (Å²) < 4.78 is 1.90.